The molecular weight excluding hydrogens is 456 g/mol. The van der Waals surface area contributed by atoms with Crippen molar-refractivity contribution in [3.63, 3.8) is 0 Å². The molecule has 2 aromatic carbocycles. The van der Waals surface area contributed by atoms with E-state index in [0.717, 1.165) is 6.42 Å². The highest BCUT2D eigenvalue weighted by atomic mass is 35.5. The predicted octanol–water partition coefficient (Wildman–Crippen LogP) is 3.78. The minimum Gasteiger partial charge on any atom is -0.494 e. The fourth-order valence-corrected chi connectivity index (χ4v) is 4.76. The van der Waals surface area contributed by atoms with Crippen LogP contribution in [0.4, 0.5) is 0 Å². The summed E-state index contributed by atoms with van der Waals surface area (Å²) in [6.45, 7) is 1.96. The van der Waals surface area contributed by atoms with Gasteiger partial charge in [0.25, 0.3) is 5.56 Å². The molecule has 0 aliphatic heterocycles. The molecule has 1 N–H and O–H groups in total. The van der Waals surface area contributed by atoms with E-state index >= 15 is 0 Å². The highest BCUT2D eigenvalue weighted by Crippen LogP contribution is 2.38. The Morgan fingerprint density at radius 2 is 1.66 bits per heavy atom. The molecule has 32 heavy (non-hydrogen) atoms. The van der Waals surface area contributed by atoms with Crippen LogP contribution in [0.5, 0.6) is 17.4 Å². The third kappa shape index (κ3) is 4.31. The molecule has 10 heteroatoms. The Labute approximate surface area is 190 Å². The number of benzene rings is 2. The second-order valence-corrected chi connectivity index (χ2v) is 9.22. The van der Waals surface area contributed by atoms with Gasteiger partial charge in [0.2, 0.25) is 15.7 Å². The first-order valence-electron chi connectivity index (χ1n) is 9.83. The van der Waals surface area contributed by atoms with E-state index in [1.165, 1.54) is 43.1 Å². The topological polar surface area (TPSA) is 108 Å². The summed E-state index contributed by atoms with van der Waals surface area (Å²) in [5.74, 6) is 0.0245. The third-order valence-corrected chi connectivity index (χ3v) is 6.91. The van der Waals surface area contributed by atoms with Crippen LogP contribution in [0, 0.1) is 0 Å². The molecule has 0 fully saturated rings. The Bertz CT molecular complexity index is 1260. The van der Waals surface area contributed by atoms with Crippen LogP contribution < -0.4 is 15.0 Å². The molecule has 0 spiro atoms. The lowest BCUT2D eigenvalue weighted by Crippen LogP contribution is -2.25. The van der Waals surface area contributed by atoms with Crippen LogP contribution in [0.2, 0.25) is 5.02 Å². The highest BCUT2D eigenvalue weighted by molar-refractivity contribution is 7.91. The van der Waals surface area contributed by atoms with Gasteiger partial charge < -0.3 is 14.6 Å². The number of aromatic nitrogens is 2. The second-order valence-electron chi connectivity index (χ2n) is 6.89. The number of aromatic hydroxyl groups is 1. The number of rotatable bonds is 8. The van der Waals surface area contributed by atoms with Gasteiger partial charge in [-0.2, -0.15) is 4.98 Å². The molecule has 0 aliphatic carbocycles. The number of para-hydroxylation sites is 1. The van der Waals surface area contributed by atoms with Crippen LogP contribution in [-0.2, 0) is 16.3 Å². The molecule has 1 aromatic heterocycles. The van der Waals surface area contributed by atoms with Crippen molar-refractivity contribution in [3.05, 3.63) is 63.7 Å². The first-order valence-corrected chi connectivity index (χ1v) is 11.7. The fraction of sp³-hybridized carbons (Fsp3) is 0.273. The summed E-state index contributed by atoms with van der Waals surface area (Å²) >= 11 is 5.86. The van der Waals surface area contributed by atoms with Crippen molar-refractivity contribution in [3.8, 4) is 23.1 Å². The van der Waals surface area contributed by atoms with Crippen molar-refractivity contribution in [2.24, 2.45) is 0 Å². The maximum atomic E-state index is 13.3. The zero-order valence-electron chi connectivity index (χ0n) is 17.8. The molecule has 3 rings (SSSR count). The number of ether oxygens (including phenoxy) is 2. The molecule has 0 saturated carbocycles. The van der Waals surface area contributed by atoms with Gasteiger partial charge in [-0.3, -0.25) is 9.36 Å². The maximum absolute atomic E-state index is 13.3. The molecule has 0 radical (unpaired) electrons. The van der Waals surface area contributed by atoms with Crippen molar-refractivity contribution in [1.29, 1.82) is 0 Å². The largest absolute Gasteiger partial charge is 0.494 e. The van der Waals surface area contributed by atoms with Gasteiger partial charge in [0.1, 0.15) is 23.0 Å². The molecule has 1 heterocycles. The summed E-state index contributed by atoms with van der Waals surface area (Å²) in [7, 11) is -1.54. The fourth-order valence-electron chi connectivity index (χ4n) is 3.29. The van der Waals surface area contributed by atoms with E-state index in [-0.39, 0.29) is 16.4 Å². The number of unbranched alkanes of at least 4 members (excludes halogenated alkanes) is 1. The molecule has 0 bridgehead atoms. The van der Waals surface area contributed by atoms with E-state index in [1.807, 2.05) is 6.92 Å². The third-order valence-electron chi connectivity index (χ3n) is 4.87. The Morgan fingerprint density at radius 3 is 2.19 bits per heavy atom. The minimum atomic E-state index is -4.41. The first kappa shape index (κ1) is 23.6. The number of methoxy groups -OCH3 is 2. The van der Waals surface area contributed by atoms with Crippen LogP contribution in [0.25, 0.3) is 5.69 Å². The van der Waals surface area contributed by atoms with Crippen molar-refractivity contribution < 1.29 is 23.0 Å². The Balaban J connectivity index is 2.40. The summed E-state index contributed by atoms with van der Waals surface area (Å²) in [5, 5.41) is 11.5. The molecule has 0 atom stereocenters. The normalized spacial score (nSPS) is 11.4. The van der Waals surface area contributed by atoms with Gasteiger partial charge in [0.05, 0.1) is 19.1 Å². The van der Waals surface area contributed by atoms with Gasteiger partial charge in [-0.1, -0.05) is 31.0 Å². The highest BCUT2D eigenvalue weighted by Gasteiger charge is 2.31. The second kappa shape index (κ2) is 9.62. The molecule has 0 saturated heterocycles. The van der Waals surface area contributed by atoms with Crippen molar-refractivity contribution in [2.45, 2.75) is 36.0 Å². The average molecular weight is 479 g/mol. The lowest BCUT2D eigenvalue weighted by molar-refractivity contribution is 0.374. The lowest BCUT2D eigenvalue weighted by Gasteiger charge is -2.21. The van der Waals surface area contributed by atoms with Gasteiger partial charge in [-0.15, -0.1) is 0 Å². The summed E-state index contributed by atoms with van der Waals surface area (Å²) in [6.07, 6.45) is 1.78. The van der Waals surface area contributed by atoms with Gasteiger partial charge in [0.15, 0.2) is 4.90 Å². The van der Waals surface area contributed by atoms with Crippen LogP contribution >= 0.6 is 11.6 Å². The summed E-state index contributed by atoms with van der Waals surface area (Å²) < 4.78 is 38.6. The van der Waals surface area contributed by atoms with Crippen LogP contribution in [-0.4, -0.2) is 37.3 Å². The van der Waals surface area contributed by atoms with Gasteiger partial charge >= 0.3 is 0 Å². The van der Waals surface area contributed by atoms with E-state index < -0.39 is 26.2 Å². The molecule has 170 valence electrons. The van der Waals surface area contributed by atoms with Crippen LogP contribution in [0.15, 0.2) is 57.1 Å². The van der Waals surface area contributed by atoms with Crippen LogP contribution in [0.1, 0.15) is 25.6 Å². The smallest absolute Gasteiger partial charge is 0.296 e. The Morgan fingerprint density at radius 1 is 1.06 bits per heavy atom. The number of halogens is 1. The SMILES string of the molecule is CCCCc1nc(=O)c(S(=O)(=O)c2ccc(Cl)cc2)c(O)n1-c1c(OC)cccc1OC. The Kier molecular flexibility index (Phi) is 7.10. The van der Waals surface area contributed by atoms with E-state index in [0.29, 0.717) is 29.4 Å². The maximum Gasteiger partial charge on any atom is 0.296 e. The minimum absolute atomic E-state index is 0.187. The van der Waals surface area contributed by atoms with Gasteiger partial charge in [-0.05, 0) is 42.8 Å². The zero-order chi connectivity index (χ0) is 23.5. The zero-order valence-corrected chi connectivity index (χ0v) is 19.4. The summed E-state index contributed by atoms with van der Waals surface area (Å²) in [6, 6.07) is 10.2. The van der Waals surface area contributed by atoms with E-state index in [9.17, 15) is 18.3 Å². The number of nitrogens with zero attached hydrogens (tertiary/aromatic N) is 2. The number of hydrogen-bond acceptors (Lipinski definition) is 7. The lowest BCUT2D eigenvalue weighted by atomic mass is 10.2. The molecule has 0 unspecified atom stereocenters. The first-order chi connectivity index (χ1) is 15.3. The predicted molar refractivity (Wildman–Crippen MR) is 120 cm³/mol. The number of hydrogen-bond donors (Lipinski definition) is 1. The number of aryl methyl sites for hydroxylation is 1. The van der Waals surface area contributed by atoms with E-state index in [1.54, 1.807) is 18.2 Å². The summed E-state index contributed by atoms with van der Waals surface area (Å²) in [5.41, 5.74) is -0.810. The van der Waals surface area contributed by atoms with Gasteiger partial charge in [0, 0.05) is 11.4 Å². The Hall–Kier alpha value is -3.04. The van der Waals surface area contributed by atoms with Gasteiger partial charge in [-0.25, -0.2) is 8.42 Å². The van der Waals surface area contributed by atoms with Crippen LogP contribution in [0.3, 0.4) is 0 Å². The molecular formula is C22H23ClN2O6S. The quantitative estimate of drug-likeness (QED) is 0.524. The molecule has 0 aliphatic rings. The molecule has 0 amide bonds. The van der Waals surface area contributed by atoms with Crippen molar-refractivity contribution in [2.75, 3.05) is 14.2 Å². The van der Waals surface area contributed by atoms with Crippen molar-refractivity contribution in [1.82, 2.24) is 9.55 Å². The molecule has 8 nitrogen and oxygen atoms in total. The monoisotopic (exact) mass is 478 g/mol. The number of sulfone groups is 1. The average Bonchev–Trinajstić information content (AvgIpc) is 2.77. The molecule has 3 aromatic rings. The standard InChI is InChI=1S/C22H23ClN2O6S/c1-4-5-9-18-24-21(26)20(32(28,29)15-12-10-14(23)11-13-15)22(27)25(18)19-16(30-2)7-6-8-17(19)31-3/h6-8,10-13,27H,4-5,9H2,1-3H3. The van der Waals surface area contributed by atoms with Crippen molar-refractivity contribution >= 4 is 21.4 Å². The van der Waals surface area contributed by atoms with E-state index in [4.69, 9.17) is 21.1 Å². The summed E-state index contributed by atoms with van der Waals surface area (Å²) in [4.78, 5) is 15.9. The van der Waals surface area contributed by atoms with E-state index in [2.05, 4.69) is 4.98 Å².